The van der Waals surface area contributed by atoms with E-state index in [0.29, 0.717) is 28.8 Å². The predicted octanol–water partition coefficient (Wildman–Crippen LogP) is 5.39. The second-order valence-corrected chi connectivity index (χ2v) is 9.16. The molecule has 176 valence electrons. The number of ether oxygens (including phenoxy) is 1. The van der Waals surface area contributed by atoms with E-state index >= 15 is 0 Å². The molecule has 1 fully saturated rings. The molecule has 0 aromatic heterocycles. The number of aromatic hydroxyl groups is 1. The minimum Gasteiger partial charge on any atom is -0.504 e. The van der Waals surface area contributed by atoms with Crippen LogP contribution in [0.5, 0.6) is 11.5 Å². The third kappa shape index (κ3) is 5.21. The average molecular weight is 594 g/mol. The maximum absolute atomic E-state index is 11.8. The molecule has 4 rings (SSSR count). The first-order valence-electron chi connectivity index (χ1n) is 10.3. The fourth-order valence-electron chi connectivity index (χ4n) is 3.64. The molecule has 8 nitrogen and oxygen atoms in total. The Hall–Kier alpha value is -3.02. The molecule has 0 amide bonds. The Morgan fingerprint density at radius 2 is 2.03 bits per heavy atom. The summed E-state index contributed by atoms with van der Waals surface area (Å²) in [4.78, 5) is 22.3. The molecule has 1 aliphatic rings. The highest BCUT2D eigenvalue weighted by molar-refractivity contribution is 14.1. The van der Waals surface area contributed by atoms with E-state index in [1.807, 2.05) is 18.2 Å². The molecule has 2 unspecified atom stereocenters. The number of carboxylic acid groups (broad SMARTS) is 1. The number of halogens is 2. The molecule has 1 heterocycles. The highest BCUT2D eigenvalue weighted by Gasteiger charge is 2.36. The van der Waals surface area contributed by atoms with Crippen LogP contribution in [0.15, 0.2) is 65.7 Å². The Balaban J connectivity index is 1.72. The van der Waals surface area contributed by atoms with Gasteiger partial charge in [-0.25, -0.2) is 9.79 Å². The molecule has 10 heteroatoms. The van der Waals surface area contributed by atoms with Gasteiger partial charge in [-0.3, -0.25) is 10.3 Å². The number of para-hydroxylation sites is 1. The van der Waals surface area contributed by atoms with Crippen LogP contribution in [0.4, 0.5) is 11.4 Å². The zero-order valence-corrected chi connectivity index (χ0v) is 20.9. The van der Waals surface area contributed by atoms with Gasteiger partial charge < -0.3 is 20.3 Å². The minimum atomic E-state index is -1.07. The number of phenols is 1. The van der Waals surface area contributed by atoms with E-state index in [-0.39, 0.29) is 17.2 Å². The molecule has 4 N–H and O–H groups in total. The Labute approximate surface area is 214 Å². The number of rotatable bonds is 7. The summed E-state index contributed by atoms with van der Waals surface area (Å²) in [6, 6.07) is 17.4. The van der Waals surface area contributed by atoms with Gasteiger partial charge in [0.05, 0.1) is 35.0 Å². The van der Waals surface area contributed by atoms with Gasteiger partial charge in [-0.2, -0.15) is 0 Å². The Morgan fingerprint density at radius 1 is 1.24 bits per heavy atom. The van der Waals surface area contributed by atoms with Gasteiger partial charge >= 0.3 is 5.97 Å². The normalized spacial score (nSPS) is 18.5. The SMILES string of the molecule is COc1cc(C2ONC(=Nc3ccc(I)cc3C(=O)O)C2CNc2ccccc2Cl)ccc1O. The third-order valence-corrected chi connectivity index (χ3v) is 6.36. The summed E-state index contributed by atoms with van der Waals surface area (Å²) in [5, 5.41) is 23.5. The number of benzene rings is 3. The quantitative estimate of drug-likeness (QED) is 0.272. The molecule has 34 heavy (non-hydrogen) atoms. The number of hydrogen-bond donors (Lipinski definition) is 4. The molecule has 0 bridgehead atoms. The minimum absolute atomic E-state index is 0.0156. The lowest BCUT2D eigenvalue weighted by Crippen LogP contribution is -2.27. The molecule has 1 saturated heterocycles. The van der Waals surface area contributed by atoms with E-state index < -0.39 is 12.1 Å². The molecule has 3 aromatic carbocycles. The van der Waals surface area contributed by atoms with Crippen molar-refractivity contribution in [1.29, 1.82) is 0 Å². The van der Waals surface area contributed by atoms with Crippen molar-refractivity contribution >= 4 is 57.4 Å². The standard InChI is InChI=1S/C24H21ClIN3O5/c1-33-21-10-13(6-9-20(21)30)22-16(12-27-19-5-3-2-4-17(19)25)23(29-34-22)28-18-8-7-14(26)11-15(18)24(31)32/h2-11,16,22,27,30H,12H2,1H3,(H,28,29)(H,31,32). The first-order valence-corrected chi connectivity index (χ1v) is 11.7. The maximum atomic E-state index is 11.8. The summed E-state index contributed by atoms with van der Waals surface area (Å²) in [6.45, 7) is 0.385. The monoisotopic (exact) mass is 593 g/mol. The van der Waals surface area contributed by atoms with Crippen molar-refractivity contribution in [3.8, 4) is 11.5 Å². The van der Waals surface area contributed by atoms with Crippen molar-refractivity contribution < 1.29 is 24.6 Å². The van der Waals surface area contributed by atoms with E-state index in [2.05, 4.69) is 38.4 Å². The Bertz CT molecular complexity index is 1250. The van der Waals surface area contributed by atoms with Crippen molar-refractivity contribution in [3.05, 3.63) is 80.4 Å². The smallest absolute Gasteiger partial charge is 0.337 e. The molecule has 0 saturated carbocycles. The lowest BCUT2D eigenvalue weighted by atomic mass is 9.94. The van der Waals surface area contributed by atoms with Crippen LogP contribution >= 0.6 is 34.2 Å². The average Bonchev–Trinajstić information content (AvgIpc) is 3.22. The van der Waals surface area contributed by atoms with E-state index in [9.17, 15) is 15.0 Å². The van der Waals surface area contributed by atoms with Crippen molar-refractivity contribution in [2.75, 3.05) is 19.0 Å². The Kier molecular flexibility index (Phi) is 7.44. The van der Waals surface area contributed by atoms with Gasteiger partial charge in [-0.15, -0.1) is 0 Å². The van der Waals surface area contributed by atoms with E-state index in [1.54, 1.807) is 36.4 Å². The lowest BCUT2D eigenvalue weighted by molar-refractivity contribution is 0.0294. The molecular formula is C24H21ClIN3O5. The second-order valence-electron chi connectivity index (χ2n) is 7.50. The fourth-order valence-corrected chi connectivity index (χ4v) is 4.33. The van der Waals surface area contributed by atoms with E-state index in [0.717, 1.165) is 14.8 Å². The first-order chi connectivity index (χ1) is 16.4. The second kappa shape index (κ2) is 10.5. The van der Waals surface area contributed by atoms with Crippen LogP contribution in [0.25, 0.3) is 0 Å². The number of hydroxylamine groups is 1. The molecule has 0 radical (unpaired) electrons. The maximum Gasteiger partial charge on any atom is 0.337 e. The van der Waals surface area contributed by atoms with Gasteiger partial charge in [0.1, 0.15) is 11.9 Å². The molecule has 3 aromatic rings. The van der Waals surface area contributed by atoms with E-state index in [4.69, 9.17) is 21.2 Å². The lowest BCUT2D eigenvalue weighted by Gasteiger charge is -2.19. The fraction of sp³-hybridized carbons (Fsp3) is 0.167. The summed E-state index contributed by atoms with van der Waals surface area (Å²) in [6.07, 6.45) is -0.500. The topological polar surface area (TPSA) is 112 Å². The Morgan fingerprint density at radius 3 is 2.76 bits per heavy atom. The number of phenolic OH excluding ortho intramolecular Hbond substituents is 1. The highest BCUT2D eigenvalue weighted by Crippen LogP contribution is 2.37. The number of anilines is 1. The molecule has 2 atom stereocenters. The first kappa shape index (κ1) is 24.1. The number of hydrogen-bond acceptors (Lipinski definition) is 6. The van der Waals surface area contributed by atoms with Gasteiger partial charge in [-0.1, -0.05) is 29.8 Å². The van der Waals surface area contributed by atoms with Crippen molar-refractivity contribution in [1.82, 2.24) is 5.48 Å². The number of amidine groups is 1. The third-order valence-electron chi connectivity index (χ3n) is 5.36. The summed E-state index contributed by atoms with van der Waals surface area (Å²) in [5.74, 6) is -0.619. The van der Waals surface area contributed by atoms with Crippen LogP contribution in [0.1, 0.15) is 22.0 Å². The van der Waals surface area contributed by atoms with Crippen molar-refractivity contribution in [2.45, 2.75) is 6.10 Å². The van der Waals surface area contributed by atoms with Crippen LogP contribution in [-0.4, -0.2) is 35.7 Å². The number of aliphatic imine (C=N–C) groups is 1. The van der Waals surface area contributed by atoms with Crippen molar-refractivity contribution in [2.24, 2.45) is 10.9 Å². The molecular weight excluding hydrogens is 573 g/mol. The van der Waals surface area contributed by atoms with Crippen LogP contribution in [0.3, 0.4) is 0 Å². The van der Waals surface area contributed by atoms with Crippen LogP contribution in [0, 0.1) is 9.49 Å². The molecule has 1 aliphatic heterocycles. The number of aromatic carboxylic acids is 1. The van der Waals surface area contributed by atoms with Gasteiger partial charge in [0.15, 0.2) is 11.5 Å². The molecule has 0 spiro atoms. The van der Waals surface area contributed by atoms with Gasteiger partial charge in [0.25, 0.3) is 0 Å². The van der Waals surface area contributed by atoms with Gasteiger partial charge in [-0.05, 0) is 70.6 Å². The summed E-state index contributed by atoms with van der Waals surface area (Å²) in [5.41, 5.74) is 4.77. The number of nitrogens with one attached hydrogen (secondary N) is 2. The summed E-state index contributed by atoms with van der Waals surface area (Å²) < 4.78 is 6.04. The number of carboxylic acids is 1. The zero-order chi connectivity index (χ0) is 24.2. The zero-order valence-electron chi connectivity index (χ0n) is 18.0. The number of methoxy groups -OCH3 is 1. The summed E-state index contributed by atoms with van der Waals surface area (Å²) in [7, 11) is 1.47. The van der Waals surface area contributed by atoms with Crippen molar-refractivity contribution in [3.63, 3.8) is 0 Å². The van der Waals surface area contributed by atoms with Crippen LogP contribution in [-0.2, 0) is 4.84 Å². The largest absolute Gasteiger partial charge is 0.504 e. The molecule has 0 aliphatic carbocycles. The number of carbonyl (C=O) groups is 1. The summed E-state index contributed by atoms with van der Waals surface area (Å²) >= 11 is 8.37. The predicted molar refractivity (Wildman–Crippen MR) is 138 cm³/mol. The van der Waals surface area contributed by atoms with Gasteiger partial charge in [0, 0.05) is 10.1 Å². The number of nitrogens with zero attached hydrogens (tertiary/aromatic N) is 1. The van der Waals surface area contributed by atoms with E-state index in [1.165, 1.54) is 13.2 Å². The van der Waals surface area contributed by atoms with Gasteiger partial charge in [0.2, 0.25) is 0 Å². The highest BCUT2D eigenvalue weighted by atomic mass is 127. The van der Waals surface area contributed by atoms with Crippen LogP contribution in [0.2, 0.25) is 5.02 Å². The van der Waals surface area contributed by atoms with Crippen LogP contribution < -0.4 is 15.5 Å².